The van der Waals surface area contributed by atoms with Crippen molar-refractivity contribution in [3.63, 3.8) is 0 Å². The summed E-state index contributed by atoms with van der Waals surface area (Å²) in [4.78, 5) is 0. The summed E-state index contributed by atoms with van der Waals surface area (Å²) in [5.74, 6) is 1.79. The van der Waals surface area contributed by atoms with Crippen LogP contribution in [-0.2, 0) is 0 Å². The average Bonchev–Trinajstić information content (AvgIpc) is 2.47. The normalized spacial score (nSPS) is 31.8. The van der Waals surface area contributed by atoms with E-state index in [1.54, 1.807) is 5.57 Å². The maximum atomic E-state index is 2.36. The molecule has 0 aliphatic heterocycles. The molecule has 2 atom stereocenters. The van der Waals surface area contributed by atoms with E-state index >= 15 is 0 Å². The van der Waals surface area contributed by atoms with E-state index in [0.717, 1.165) is 11.8 Å². The number of allylic oxidation sites excluding steroid dienone is 4. The Hall–Kier alpha value is -0.520. The Kier molecular flexibility index (Phi) is 3.58. The van der Waals surface area contributed by atoms with Gasteiger partial charge in [0.25, 0.3) is 0 Å². The third-order valence-corrected chi connectivity index (χ3v) is 2.86. The van der Waals surface area contributed by atoms with Gasteiger partial charge in [-0.3, -0.25) is 0 Å². The zero-order valence-corrected chi connectivity index (χ0v) is 8.51. The topological polar surface area (TPSA) is 0 Å². The molecule has 68 valence electrons. The summed E-state index contributed by atoms with van der Waals surface area (Å²) in [7, 11) is 0. The third kappa shape index (κ3) is 2.23. The van der Waals surface area contributed by atoms with Gasteiger partial charge in [0.1, 0.15) is 0 Å². The van der Waals surface area contributed by atoms with Crippen LogP contribution in [0.2, 0.25) is 0 Å². The van der Waals surface area contributed by atoms with Gasteiger partial charge in [0.05, 0.1) is 0 Å². The average molecular weight is 164 g/mol. The molecule has 12 heavy (non-hydrogen) atoms. The van der Waals surface area contributed by atoms with Gasteiger partial charge in [0.15, 0.2) is 0 Å². The number of hydrogen-bond donors (Lipinski definition) is 0. The Morgan fingerprint density at radius 3 is 2.42 bits per heavy atom. The van der Waals surface area contributed by atoms with Crippen LogP contribution in [-0.4, -0.2) is 0 Å². The molecule has 0 saturated heterocycles. The van der Waals surface area contributed by atoms with Crippen LogP contribution in [0.3, 0.4) is 0 Å². The molecule has 2 unspecified atom stereocenters. The lowest BCUT2D eigenvalue weighted by atomic mass is 9.96. The third-order valence-electron chi connectivity index (χ3n) is 2.86. The maximum absolute atomic E-state index is 2.36. The van der Waals surface area contributed by atoms with E-state index in [1.165, 1.54) is 19.3 Å². The smallest absolute Gasteiger partial charge is 0.0163 e. The van der Waals surface area contributed by atoms with Crippen molar-refractivity contribution < 1.29 is 0 Å². The van der Waals surface area contributed by atoms with Gasteiger partial charge in [0, 0.05) is 0 Å². The van der Waals surface area contributed by atoms with Crippen molar-refractivity contribution in [2.24, 2.45) is 11.8 Å². The lowest BCUT2D eigenvalue weighted by Crippen LogP contribution is -1.96. The van der Waals surface area contributed by atoms with Crippen molar-refractivity contribution in [1.82, 2.24) is 0 Å². The minimum atomic E-state index is 0.848. The second-order valence-electron chi connectivity index (χ2n) is 3.90. The van der Waals surface area contributed by atoms with Crippen LogP contribution < -0.4 is 0 Å². The highest BCUT2D eigenvalue weighted by molar-refractivity contribution is 5.21. The van der Waals surface area contributed by atoms with Gasteiger partial charge >= 0.3 is 0 Å². The zero-order valence-electron chi connectivity index (χ0n) is 8.51. The van der Waals surface area contributed by atoms with E-state index < -0.39 is 0 Å². The van der Waals surface area contributed by atoms with Crippen molar-refractivity contribution in [2.75, 3.05) is 0 Å². The summed E-state index contributed by atoms with van der Waals surface area (Å²) in [5.41, 5.74) is 1.54. The Labute approximate surface area is 76.4 Å². The van der Waals surface area contributed by atoms with Crippen LogP contribution in [0.1, 0.15) is 40.0 Å². The molecule has 0 heteroatoms. The van der Waals surface area contributed by atoms with Crippen LogP contribution in [0.25, 0.3) is 0 Å². The summed E-state index contributed by atoms with van der Waals surface area (Å²) in [6, 6.07) is 0. The van der Waals surface area contributed by atoms with Gasteiger partial charge in [-0.2, -0.15) is 0 Å². The SMILES string of the molecule is C/C=C\C(=C/C)C1CCC(C)C1. The van der Waals surface area contributed by atoms with Gasteiger partial charge in [-0.15, -0.1) is 0 Å². The standard InChI is InChI=1S/C12H20/c1-4-6-11(5-2)12-8-7-10(3)9-12/h4-6,10,12H,7-9H2,1-3H3/b6-4-,11-5+. The van der Waals surface area contributed by atoms with Crippen LogP contribution in [0.5, 0.6) is 0 Å². The molecule has 0 nitrogen and oxygen atoms in total. The van der Waals surface area contributed by atoms with Crippen LogP contribution in [0, 0.1) is 11.8 Å². The van der Waals surface area contributed by atoms with Crippen molar-refractivity contribution in [1.29, 1.82) is 0 Å². The summed E-state index contributed by atoms with van der Waals surface area (Å²) in [5, 5.41) is 0. The molecule has 0 spiro atoms. The molecule has 1 aliphatic rings. The quantitative estimate of drug-likeness (QED) is 0.542. The van der Waals surface area contributed by atoms with Crippen molar-refractivity contribution in [3.05, 3.63) is 23.8 Å². The van der Waals surface area contributed by atoms with Gasteiger partial charge in [-0.25, -0.2) is 0 Å². The van der Waals surface area contributed by atoms with Gasteiger partial charge in [0.2, 0.25) is 0 Å². The lowest BCUT2D eigenvalue weighted by molar-refractivity contribution is 0.576. The predicted octanol–water partition coefficient (Wildman–Crippen LogP) is 3.95. The van der Waals surface area contributed by atoms with Gasteiger partial charge in [-0.05, 0) is 44.1 Å². The van der Waals surface area contributed by atoms with E-state index in [0.29, 0.717) is 0 Å². The summed E-state index contributed by atoms with van der Waals surface area (Å²) < 4.78 is 0. The minimum absolute atomic E-state index is 0.848. The van der Waals surface area contributed by atoms with E-state index in [4.69, 9.17) is 0 Å². The van der Waals surface area contributed by atoms with Crippen molar-refractivity contribution in [3.8, 4) is 0 Å². The summed E-state index contributed by atoms with van der Waals surface area (Å²) in [6.45, 7) is 6.61. The molecule has 0 aromatic carbocycles. The lowest BCUT2D eigenvalue weighted by Gasteiger charge is -2.10. The molecule has 0 heterocycles. The van der Waals surface area contributed by atoms with Gasteiger partial charge < -0.3 is 0 Å². The molecule has 0 aromatic rings. The second kappa shape index (κ2) is 4.49. The van der Waals surface area contributed by atoms with Crippen LogP contribution in [0.4, 0.5) is 0 Å². The Bertz CT molecular complexity index is 186. The highest BCUT2D eigenvalue weighted by atomic mass is 14.3. The van der Waals surface area contributed by atoms with Crippen LogP contribution >= 0.6 is 0 Å². The fraction of sp³-hybridized carbons (Fsp3) is 0.667. The first-order valence-corrected chi connectivity index (χ1v) is 5.06. The largest absolute Gasteiger partial charge is 0.0874 e. The fourth-order valence-corrected chi connectivity index (χ4v) is 2.17. The molecular formula is C12H20. The summed E-state index contributed by atoms with van der Waals surface area (Å²) in [6.07, 6.45) is 10.9. The monoisotopic (exact) mass is 164 g/mol. The Morgan fingerprint density at radius 2 is 2.00 bits per heavy atom. The zero-order chi connectivity index (χ0) is 8.97. The first kappa shape index (κ1) is 9.57. The molecular weight excluding hydrogens is 144 g/mol. The predicted molar refractivity (Wildman–Crippen MR) is 55.1 cm³/mol. The molecule has 0 amide bonds. The molecule has 0 aromatic heterocycles. The molecule has 1 fully saturated rings. The van der Waals surface area contributed by atoms with Gasteiger partial charge in [-0.1, -0.05) is 31.6 Å². The second-order valence-corrected chi connectivity index (χ2v) is 3.90. The van der Waals surface area contributed by atoms with Crippen LogP contribution in [0.15, 0.2) is 23.8 Å². The molecule has 1 aliphatic carbocycles. The molecule has 0 N–H and O–H groups in total. The van der Waals surface area contributed by atoms with Crippen molar-refractivity contribution >= 4 is 0 Å². The molecule has 1 rings (SSSR count). The Morgan fingerprint density at radius 1 is 1.25 bits per heavy atom. The minimum Gasteiger partial charge on any atom is -0.0874 e. The number of hydrogen-bond acceptors (Lipinski definition) is 0. The van der Waals surface area contributed by atoms with E-state index in [9.17, 15) is 0 Å². The van der Waals surface area contributed by atoms with Crippen molar-refractivity contribution in [2.45, 2.75) is 40.0 Å². The van der Waals surface area contributed by atoms with E-state index in [-0.39, 0.29) is 0 Å². The first-order valence-electron chi connectivity index (χ1n) is 5.06. The highest BCUT2D eigenvalue weighted by Crippen LogP contribution is 2.35. The number of rotatable bonds is 2. The molecule has 0 radical (unpaired) electrons. The summed E-state index contributed by atoms with van der Waals surface area (Å²) >= 11 is 0. The first-order chi connectivity index (χ1) is 5.77. The van der Waals surface area contributed by atoms with E-state index in [2.05, 4.69) is 39.0 Å². The van der Waals surface area contributed by atoms with E-state index in [1.807, 2.05) is 0 Å². The maximum Gasteiger partial charge on any atom is -0.0163 e. The Balaban J connectivity index is 2.56. The highest BCUT2D eigenvalue weighted by Gasteiger charge is 2.22. The molecule has 1 saturated carbocycles. The molecule has 0 bridgehead atoms. The fourth-order valence-electron chi connectivity index (χ4n) is 2.17.